The number of hydrogen-bond donors (Lipinski definition) is 1. The summed E-state index contributed by atoms with van der Waals surface area (Å²) in [4.78, 5) is 7.75. The molecule has 0 radical (unpaired) electrons. The van der Waals surface area contributed by atoms with E-state index in [-0.39, 0.29) is 0 Å². The number of halogens is 1. The van der Waals surface area contributed by atoms with Crippen LogP contribution in [0.4, 0.5) is 0 Å². The minimum atomic E-state index is -0.706. The molecule has 30 heavy (non-hydrogen) atoms. The summed E-state index contributed by atoms with van der Waals surface area (Å²) in [5, 5.41) is 8.27. The van der Waals surface area contributed by atoms with Gasteiger partial charge in [-0.1, -0.05) is 54.6 Å². The van der Waals surface area contributed by atoms with Gasteiger partial charge in [0.2, 0.25) is 0 Å². The van der Waals surface area contributed by atoms with Gasteiger partial charge in [-0.3, -0.25) is 6.79 Å². The zero-order valence-corrected chi connectivity index (χ0v) is 21.8. The molecular weight excluding hydrogens is 517 g/mol. The number of rotatable bonds is 9. The average Bonchev–Trinajstić information content (AvgIpc) is 2.85. The van der Waals surface area contributed by atoms with E-state index in [0.29, 0.717) is 0 Å². The van der Waals surface area contributed by atoms with Crippen molar-refractivity contribution in [3.8, 4) is 0 Å². The molecule has 0 amide bonds. The van der Waals surface area contributed by atoms with Gasteiger partial charge in [0.05, 0.1) is 42.8 Å². The van der Waals surface area contributed by atoms with E-state index >= 15 is 0 Å². The maximum atomic E-state index is 7.75. The standard InChI is InChI=1S/C23H27NP2.CHO.ClH.Ru.H/c1-25(21-11-5-2-6-12-21)19-17-24-18-20-26(22-13-7-3-8-14-22)23-15-9-4-10-16-23;1-2;;;/h2-16,24H,17-20H2,1H3;1H;1H;;/q;-1;;+3;/p+1. The van der Waals surface area contributed by atoms with Crippen LogP contribution in [0.5, 0.6) is 0 Å². The Morgan fingerprint density at radius 2 is 1.07 bits per heavy atom. The van der Waals surface area contributed by atoms with Gasteiger partial charge in [0.1, 0.15) is 0 Å². The van der Waals surface area contributed by atoms with Crippen molar-refractivity contribution in [2.24, 2.45) is 0 Å². The van der Waals surface area contributed by atoms with Crippen molar-refractivity contribution in [1.82, 2.24) is 5.32 Å². The zero-order chi connectivity index (χ0) is 22.0. The topological polar surface area (TPSA) is 29.1 Å². The van der Waals surface area contributed by atoms with E-state index < -0.39 is 15.8 Å². The average molecular weight is 548 g/mol. The van der Waals surface area contributed by atoms with E-state index in [0.717, 1.165) is 13.1 Å². The Balaban J connectivity index is 0.00000106. The van der Waals surface area contributed by atoms with E-state index in [1.807, 2.05) is 0 Å². The van der Waals surface area contributed by atoms with Gasteiger partial charge in [0, 0.05) is 21.0 Å². The summed E-state index contributed by atoms with van der Waals surface area (Å²) in [6.45, 7) is 7.89. The first-order valence-electron chi connectivity index (χ1n) is 9.77. The predicted octanol–water partition coefficient (Wildman–Crippen LogP) is 3.76. The van der Waals surface area contributed by atoms with E-state index in [4.69, 9.17) is 4.79 Å². The fraction of sp³-hybridized carbons (Fsp3) is 0.208. The predicted molar refractivity (Wildman–Crippen MR) is 137 cm³/mol. The minimum absolute atomic E-state index is 0.425. The van der Waals surface area contributed by atoms with Gasteiger partial charge < -0.3 is 10.1 Å². The second kappa shape index (κ2) is 17.7. The van der Waals surface area contributed by atoms with Crippen molar-refractivity contribution in [2.45, 2.75) is 0 Å². The van der Waals surface area contributed by atoms with Crippen LogP contribution in [-0.4, -0.2) is 38.9 Å². The number of carbonyl (C=O) groups excluding carboxylic acids is 1. The molecule has 0 saturated carbocycles. The van der Waals surface area contributed by atoms with Crippen molar-refractivity contribution < 1.29 is 22.1 Å². The fourth-order valence-corrected chi connectivity index (χ4v) is 7.34. The molecule has 3 aromatic carbocycles. The Hall–Kier alpha value is -0.937. The summed E-state index contributed by atoms with van der Waals surface area (Å²) in [6.07, 6.45) is 2.52. The van der Waals surface area contributed by atoms with Crippen LogP contribution in [0.25, 0.3) is 0 Å². The first kappa shape index (κ1) is 27.1. The first-order valence-corrected chi connectivity index (χ1v) is 16.1. The molecule has 2 nitrogen and oxygen atoms in total. The van der Waals surface area contributed by atoms with Crippen molar-refractivity contribution in [3.63, 3.8) is 0 Å². The Kier molecular flexibility index (Phi) is 16.0. The molecule has 0 saturated heterocycles. The molecule has 0 bridgehead atoms. The summed E-state index contributed by atoms with van der Waals surface area (Å²) < 4.78 is 0. The Morgan fingerprint density at radius 3 is 1.50 bits per heavy atom. The van der Waals surface area contributed by atoms with E-state index in [1.165, 1.54) is 28.2 Å². The van der Waals surface area contributed by atoms with Gasteiger partial charge in [-0.15, -0.1) is 0 Å². The van der Waals surface area contributed by atoms with Crippen LogP contribution in [-0.2, 0) is 22.1 Å². The normalized spacial score (nSPS) is 10.9. The third kappa shape index (κ3) is 9.91. The second-order valence-corrected chi connectivity index (χ2v) is 11.9. The molecule has 3 aromatic rings. The number of nitrogens with one attached hydrogen (secondary N) is 1. The summed E-state index contributed by atoms with van der Waals surface area (Å²) in [5.74, 6) is 0. The molecule has 0 aliphatic heterocycles. The molecule has 1 N–H and O–H groups in total. The molecule has 0 heterocycles. The van der Waals surface area contributed by atoms with Crippen LogP contribution < -0.4 is 21.2 Å². The van der Waals surface area contributed by atoms with Crippen LogP contribution in [0.15, 0.2) is 91.0 Å². The monoisotopic (exact) mass is 548 g/mol. The van der Waals surface area contributed by atoms with Crippen LogP contribution >= 0.6 is 25.5 Å². The molecule has 0 fully saturated rings. The van der Waals surface area contributed by atoms with Crippen LogP contribution in [0, 0.1) is 0 Å². The second-order valence-electron chi connectivity index (χ2n) is 6.61. The number of benzene rings is 3. The Morgan fingerprint density at radius 1 is 0.700 bits per heavy atom. The molecule has 3 rings (SSSR count). The van der Waals surface area contributed by atoms with Gasteiger partial charge in [-0.25, -0.2) is 0 Å². The molecule has 6 heteroatoms. The molecule has 1 unspecified atom stereocenters. The summed E-state index contributed by atoms with van der Waals surface area (Å²) in [5.41, 5.74) is 0. The van der Waals surface area contributed by atoms with Gasteiger partial charge in [-0.2, -0.15) is 0 Å². The fourth-order valence-electron chi connectivity index (χ4n) is 3.22. The third-order valence-corrected chi connectivity index (χ3v) is 9.87. The molecule has 0 spiro atoms. The summed E-state index contributed by atoms with van der Waals surface area (Å²) in [6, 6.07) is 33.1. The molecular formula is C24H31ClNOP2Ru+3. The van der Waals surface area contributed by atoms with Crippen molar-refractivity contribution in [2.75, 3.05) is 32.1 Å². The van der Waals surface area contributed by atoms with Gasteiger partial charge in [-0.05, 0) is 36.4 Å². The van der Waals surface area contributed by atoms with Crippen LogP contribution in [0.2, 0.25) is 0 Å². The molecule has 0 aliphatic carbocycles. The molecule has 160 valence electrons. The van der Waals surface area contributed by atoms with Gasteiger partial charge in [0.25, 0.3) is 0 Å². The van der Waals surface area contributed by atoms with Crippen molar-refractivity contribution in [3.05, 3.63) is 91.0 Å². The molecule has 0 aromatic heterocycles. The van der Waals surface area contributed by atoms with E-state index in [9.17, 15) is 0 Å². The first-order chi connectivity index (χ1) is 14.8. The van der Waals surface area contributed by atoms with Crippen molar-refractivity contribution >= 4 is 48.2 Å². The quantitative estimate of drug-likeness (QED) is 0.145. The zero-order valence-electron chi connectivity index (χ0n) is 17.2. The maximum absolute atomic E-state index is 7.75. The van der Waals surface area contributed by atoms with Crippen molar-refractivity contribution in [1.29, 1.82) is 0 Å². The number of hydrogen-bond acceptors (Lipinski definition) is 2. The SMILES string of the molecule is C[PH+](CCNCC[PH+](c1ccccc1)c1ccccc1)c1ccccc1.[CH-]=O.[Cl][RuH+2]. The third-order valence-electron chi connectivity index (χ3n) is 4.74. The molecule has 1 atom stereocenters. The summed E-state index contributed by atoms with van der Waals surface area (Å²) in [7, 11) is 3.48. The van der Waals surface area contributed by atoms with E-state index in [2.05, 4.69) is 119 Å². The summed E-state index contributed by atoms with van der Waals surface area (Å²) >= 11 is 1.62. The molecule has 0 aliphatic rings. The van der Waals surface area contributed by atoms with E-state index in [1.54, 1.807) is 17.3 Å². The van der Waals surface area contributed by atoms with Crippen LogP contribution in [0.1, 0.15) is 0 Å². The van der Waals surface area contributed by atoms with Gasteiger partial charge in [0.15, 0.2) is 0 Å². The van der Waals surface area contributed by atoms with Crippen LogP contribution in [0.3, 0.4) is 0 Å². The van der Waals surface area contributed by atoms with Gasteiger partial charge >= 0.3 is 27.0 Å². The Labute approximate surface area is 198 Å². The Bertz CT molecular complexity index is 741.